The number of halogens is 4. The molecule has 0 fully saturated rings. The summed E-state index contributed by atoms with van der Waals surface area (Å²) in [7, 11) is 0. The van der Waals surface area contributed by atoms with Crippen LogP contribution in [0.2, 0.25) is 0 Å². The van der Waals surface area contributed by atoms with E-state index in [1.807, 2.05) is 0 Å². The van der Waals surface area contributed by atoms with Crippen LogP contribution in [0, 0.1) is 5.82 Å². The molecule has 2 heterocycles. The molecule has 0 spiro atoms. The first kappa shape index (κ1) is 20.6. The number of aromatic amines is 1. The van der Waals surface area contributed by atoms with Gasteiger partial charge in [0.05, 0.1) is 22.0 Å². The lowest BCUT2D eigenvalue weighted by atomic mass is 10.1. The summed E-state index contributed by atoms with van der Waals surface area (Å²) in [5, 5.41) is -0.0708. The van der Waals surface area contributed by atoms with Crippen molar-refractivity contribution in [2.24, 2.45) is 5.73 Å². The van der Waals surface area contributed by atoms with Gasteiger partial charge in [0.15, 0.2) is 5.82 Å². The van der Waals surface area contributed by atoms with Gasteiger partial charge in [-0.2, -0.15) is 13.2 Å². The smallest absolute Gasteiger partial charge is 0.328 e. The topological polar surface area (TPSA) is 107 Å². The highest BCUT2D eigenvalue weighted by molar-refractivity contribution is 5.82. The molecule has 154 valence electrons. The quantitative estimate of drug-likeness (QED) is 0.627. The van der Waals surface area contributed by atoms with Crippen molar-refractivity contribution < 1.29 is 17.6 Å². The maximum atomic E-state index is 14.6. The number of hydrogen-bond donors (Lipinski definition) is 2. The second-order valence-corrected chi connectivity index (χ2v) is 6.68. The molecule has 1 aromatic carbocycles. The molecule has 3 aromatic rings. The Morgan fingerprint density at radius 1 is 1.21 bits per heavy atom. The monoisotopic (exact) mass is 411 g/mol. The molecule has 2 aromatic heterocycles. The Morgan fingerprint density at radius 2 is 1.86 bits per heavy atom. The predicted octanol–water partition coefficient (Wildman–Crippen LogP) is 2.43. The van der Waals surface area contributed by atoms with Gasteiger partial charge in [-0.3, -0.25) is 9.36 Å². The van der Waals surface area contributed by atoms with E-state index < -0.39 is 28.8 Å². The fraction of sp³-hybridized carbons (Fsp3) is 0.333. The van der Waals surface area contributed by atoms with Gasteiger partial charge in [0.25, 0.3) is 5.56 Å². The van der Waals surface area contributed by atoms with Crippen LogP contribution >= 0.6 is 0 Å². The van der Waals surface area contributed by atoms with Crippen LogP contribution in [-0.4, -0.2) is 25.6 Å². The van der Waals surface area contributed by atoms with Crippen LogP contribution in [0.1, 0.15) is 25.3 Å². The van der Waals surface area contributed by atoms with Gasteiger partial charge in [0.2, 0.25) is 0 Å². The highest BCUT2D eigenvalue weighted by Crippen LogP contribution is 2.29. The zero-order valence-electron chi connectivity index (χ0n) is 15.3. The van der Waals surface area contributed by atoms with Crippen molar-refractivity contribution >= 4 is 10.9 Å². The summed E-state index contributed by atoms with van der Waals surface area (Å²) in [6, 6.07) is 1.95. The molecule has 1 atom stereocenters. The number of H-pyrrole nitrogens is 1. The molecule has 29 heavy (non-hydrogen) atoms. The minimum absolute atomic E-state index is 0.0309. The molecular weight excluding hydrogens is 394 g/mol. The minimum atomic E-state index is -4.63. The van der Waals surface area contributed by atoms with Crippen molar-refractivity contribution in [2.75, 3.05) is 0 Å². The molecule has 7 nitrogen and oxygen atoms in total. The van der Waals surface area contributed by atoms with E-state index in [0.717, 1.165) is 16.7 Å². The lowest BCUT2D eigenvalue weighted by Crippen LogP contribution is -2.35. The van der Waals surface area contributed by atoms with Crippen LogP contribution in [0.5, 0.6) is 0 Å². The summed E-state index contributed by atoms with van der Waals surface area (Å²) >= 11 is 0. The van der Waals surface area contributed by atoms with Crippen molar-refractivity contribution in [2.45, 2.75) is 38.5 Å². The molecular formula is C18H17F4N5O2. The van der Waals surface area contributed by atoms with E-state index in [2.05, 4.69) is 15.0 Å². The number of hydrogen-bond acceptors (Lipinski definition) is 5. The molecule has 11 heteroatoms. The molecule has 1 unspecified atom stereocenters. The van der Waals surface area contributed by atoms with Crippen LogP contribution in [-0.2, 0) is 12.7 Å². The molecule has 0 bridgehead atoms. The number of nitrogens with zero attached hydrogens (tertiary/aromatic N) is 3. The van der Waals surface area contributed by atoms with E-state index in [1.165, 1.54) is 0 Å². The van der Waals surface area contributed by atoms with Crippen molar-refractivity contribution in [3.8, 4) is 11.4 Å². The second kappa shape index (κ2) is 7.74. The third-order valence-electron chi connectivity index (χ3n) is 4.33. The first-order valence-corrected chi connectivity index (χ1v) is 8.69. The summed E-state index contributed by atoms with van der Waals surface area (Å²) in [4.78, 5) is 34.4. The Kier molecular flexibility index (Phi) is 5.51. The van der Waals surface area contributed by atoms with Crippen molar-refractivity contribution in [3.05, 3.63) is 56.7 Å². The summed E-state index contributed by atoms with van der Waals surface area (Å²) < 4.78 is 53.4. The molecule has 3 N–H and O–H groups in total. The molecule has 0 aliphatic heterocycles. The SMILES string of the molecule is CC(N)CCCn1c(=O)[nH]c2cc(-c3ncc(C(F)(F)F)cn3)c(F)cc2c1=O. The second-order valence-electron chi connectivity index (χ2n) is 6.68. The first-order chi connectivity index (χ1) is 13.6. The number of aromatic nitrogens is 4. The average Bonchev–Trinajstić information content (AvgIpc) is 2.64. The van der Waals surface area contributed by atoms with Gasteiger partial charge in [-0.25, -0.2) is 19.2 Å². The van der Waals surface area contributed by atoms with Gasteiger partial charge in [-0.05, 0) is 31.9 Å². The zero-order chi connectivity index (χ0) is 21.3. The fourth-order valence-electron chi connectivity index (χ4n) is 2.83. The lowest BCUT2D eigenvalue weighted by molar-refractivity contribution is -0.138. The number of nitrogens with two attached hydrogens (primary N) is 1. The molecule has 0 amide bonds. The summed E-state index contributed by atoms with van der Waals surface area (Å²) in [6.45, 7) is 1.92. The van der Waals surface area contributed by atoms with Gasteiger partial charge in [0.1, 0.15) is 5.82 Å². The highest BCUT2D eigenvalue weighted by atomic mass is 19.4. The molecule has 0 saturated heterocycles. The number of rotatable bonds is 5. The van der Waals surface area contributed by atoms with E-state index in [9.17, 15) is 27.2 Å². The van der Waals surface area contributed by atoms with E-state index in [1.54, 1.807) is 6.92 Å². The third kappa shape index (κ3) is 4.34. The van der Waals surface area contributed by atoms with Gasteiger partial charge in [-0.1, -0.05) is 0 Å². The average molecular weight is 411 g/mol. The van der Waals surface area contributed by atoms with Crippen molar-refractivity contribution in [1.29, 1.82) is 0 Å². The lowest BCUT2D eigenvalue weighted by Gasteiger charge is -2.10. The molecule has 0 aliphatic rings. The standard InChI is InChI=1S/C18H17F4N5O2/c1-9(23)3-2-4-27-16(28)12-5-13(19)11(6-14(12)26-17(27)29)15-24-7-10(8-25-15)18(20,21)22/h5-9H,2-4,23H2,1H3,(H,26,29). The van der Waals surface area contributed by atoms with Crippen LogP contribution in [0.4, 0.5) is 17.6 Å². The Balaban J connectivity index is 2.04. The van der Waals surface area contributed by atoms with Gasteiger partial charge < -0.3 is 10.7 Å². The van der Waals surface area contributed by atoms with Gasteiger partial charge in [0, 0.05) is 25.0 Å². The normalized spacial score (nSPS) is 13.0. The van der Waals surface area contributed by atoms with Crippen LogP contribution in [0.3, 0.4) is 0 Å². The molecule has 0 radical (unpaired) electrons. The summed E-state index contributed by atoms with van der Waals surface area (Å²) in [5.41, 5.74) is 3.01. The number of nitrogens with one attached hydrogen (secondary N) is 1. The maximum absolute atomic E-state index is 14.6. The molecule has 3 rings (SSSR count). The van der Waals surface area contributed by atoms with E-state index in [4.69, 9.17) is 5.73 Å². The number of benzene rings is 1. The fourth-order valence-corrected chi connectivity index (χ4v) is 2.83. The van der Waals surface area contributed by atoms with Gasteiger partial charge >= 0.3 is 11.9 Å². The van der Waals surface area contributed by atoms with Crippen molar-refractivity contribution in [3.63, 3.8) is 0 Å². The van der Waals surface area contributed by atoms with Gasteiger partial charge in [-0.15, -0.1) is 0 Å². The number of alkyl halides is 3. The van der Waals surface area contributed by atoms with Crippen LogP contribution < -0.4 is 17.0 Å². The Hall–Kier alpha value is -3.08. The molecule has 0 aliphatic carbocycles. The highest BCUT2D eigenvalue weighted by Gasteiger charge is 2.31. The predicted molar refractivity (Wildman–Crippen MR) is 97.7 cm³/mol. The first-order valence-electron chi connectivity index (χ1n) is 8.69. The number of fused-ring (bicyclic) bond motifs is 1. The Morgan fingerprint density at radius 3 is 2.45 bits per heavy atom. The van der Waals surface area contributed by atoms with Crippen molar-refractivity contribution in [1.82, 2.24) is 19.5 Å². The zero-order valence-corrected chi connectivity index (χ0v) is 15.3. The summed E-state index contributed by atoms with van der Waals surface area (Å²) in [6.07, 6.45) is -2.47. The third-order valence-corrected chi connectivity index (χ3v) is 4.33. The van der Waals surface area contributed by atoms with Crippen LogP contribution in [0.25, 0.3) is 22.3 Å². The Bertz CT molecular complexity index is 1150. The van der Waals surface area contributed by atoms with E-state index >= 15 is 0 Å². The van der Waals surface area contributed by atoms with Crippen LogP contribution in [0.15, 0.2) is 34.1 Å². The minimum Gasteiger partial charge on any atom is -0.328 e. The largest absolute Gasteiger partial charge is 0.419 e. The van der Waals surface area contributed by atoms with E-state index in [0.29, 0.717) is 25.2 Å². The summed E-state index contributed by atoms with van der Waals surface area (Å²) in [5.74, 6) is -1.21. The van der Waals surface area contributed by atoms with E-state index in [-0.39, 0.29) is 34.9 Å². The maximum Gasteiger partial charge on any atom is 0.419 e. The molecule has 0 saturated carbocycles. The Labute approximate surface area is 161 Å².